The van der Waals surface area contributed by atoms with Crippen LogP contribution in [0, 0.1) is 0 Å². The molecular weight excluding hydrogens is 235 g/mol. The van der Waals surface area contributed by atoms with Crippen LogP contribution in [0.2, 0.25) is 0 Å². The van der Waals surface area contributed by atoms with E-state index in [-0.39, 0.29) is 0 Å². The Hall–Kier alpha value is -1.43. The third-order valence-electron chi connectivity index (χ3n) is 2.55. The van der Waals surface area contributed by atoms with Crippen LogP contribution < -0.4 is 10.2 Å². The summed E-state index contributed by atoms with van der Waals surface area (Å²) in [6, 6.07) is 13.0. The Labute approximate surface area is 103 Å². The number of benzene rings is 2. The lowest BCUT2D eigenvalue weighted by Crippen LogP contribution is -2.29. The number of fused-ring (bicyclic) bond motifs is 2. The van der Waals surface area contributed by atoms with Crippen molar-refractivity contribution in [3.05, 3.63) is 42.5 Å². The molecule has 2 aromatic carbocycles. The van der Waals surface area contributed by atoms with Crippen molar-refractivity contribution >= 4 is 24.3 Å². The van der Waals surface area contributed by atoms with E-state index in [1.54, 1.807) is 23.9 Å². The van der Waals surface area contributed by atoms with Gasteiger partial charge in [-0.15, -0.1) is 0 Å². The Morgan fingerprint density at radius 1 is 0.941 bits per heavy atom. The van der Waals surface area contributed by atoms with Gasteiger partial charge in [-0.2, -0.15) is 0 Å². The zero-order chi connectivity index (χ0) is 11.8. The van der Waals surface area contributed by atoms with Crippen molar-refractivity contribution in [2.24, 2.45) is 0 Å². The van der Waals surface area contributed by atoms with Crippen LogP contribution in [0.15, 0.2) is 52.3 Å². The normalized spacial score (nSPS) is 12.4. The van der Waals surface area contributed by atoms with Crippen LogP contribution in [0.5, 0.6) is 11.5 Å². The van der Waals surface area contributed by atoms with Crippen LogP contribution in [0.25, 0.3) is 0 Å². The van der Waals surface area contributed by atoms with Gasteiger partial charge in [0.2, 0.25) is 0 Å². The van der Waals surface area contributed by atoms with Gasteiger partial charge < -0.3 is 14.8 Å². The Morgan fingerprint density at radius 2 is 1.71 bits per heavy atom. The average molecular weight is 244 g/mol. The molecule has 0 fully saturated rings. The second-order valence-corrected chi connectivity index (χ2v) is 4.81. The highest BCUT2D eigenvalue weighted by molar-refractivity contribution is 7.99. The minimum atomic E-state index is -1.47. The van der Waals surface area contributed by atoms with Crippen molar-refractivity contribution in [3.8, 4) is 11.5 Å². The molecule has 2 aromatic rings. The zero-order valence-electron chi connectivity index (χ0n) is 8.83. The number of hydrogen-bond donors (Lipinski definition) is 2. The van der Waals surface area contributed by atoms with E-state index in [1.165, 1.54) is 0 Å². The van der Waals surface area contributed by atoms with Crippen molar-refractivity contribution in [1.29, 1.82) is 0 Å². The molecule has 0 amide bonds. The van der Waals surface area contributed by atoms with E-state index in [1.807, 2.05) is 30.3 Å². The first kappa shape index (κ1) is 10.7. The van der Waals surface area contributed by atoms with Gasteiger partial charge in [-0.1, -0.05) is 30.0 Å². The summed E-state index contributed by atoms with van der Waals surface area (Å²) in [6.07, 6.45) is 0. The molecule has 3 nitrogen and oxygen atoms in total. The fourth-order valence-electron chi connectivity index (χ4n) is 1.71. The van der Waals surface area contributed by atoms with Crippen molar-refractivity contribution in [3.63, 3.8) is 0 Å². The molecule has 84 valence electrons. The molecule has 0 saturated heterocycles. The Bertz CT molecular complexity index is 571. The van der Waals surface area contributed by atoms with Crippen LogP contribution in [0.1, 0.15) is 0 Å². The van der Waals surface area contributed by atoms with Crippen LogP contribution in [0.4, 0.5) is 0 Å². The molecule has 0 bridgehead atoms. The highest BCUT2D eigenvalue weighted by Crippen LogP contribution is 2.46. The smallest absolute Gasteiger partial charge is 0.455 e. The van der Waals surface area contributed by atoms with Crippen LogP contribution >= 0.6 is 11.8 Å². The molecule has 0 saturated carbocycles. The number of ether oxygens (including phenoxy) is 1. The summed E-state index contributed by atoms with van der Waals surface area (Å²) in [5.41, 5.74) is 0.434. The highest BCUT2D eigenvalue weighted by Gasteiger charge is 2.20. The molecule has 1 aliphatic heterocycles. The monoisotopic (exact) mass is 244 g/mol. The first-order valence-corrected chi connectivity index (χ1v) is 6.00. The van der Waals surface area contributed by atoms with E-state index >= 15 is 0 Å². The molecule has 1 aliphatic rings. The number of para-hydroxylation sites is 1. The van der Waals surface area contributed by atoms with Gasteiger partial charge in [0.25, 0.3) is 0 Å². The highest BCUT2D eigenvalue weighted by atomic mass is 32.2. The van der Waals surface area contributed by atoms with Crippen molar-refractivity contribution in [2.75, 3.05) is 0 Å². The number of rotatable bonds is 1. The van der Waals surface area contributed by atoms with E-state index < -0.39 is 7.12 Å². The maximum absolute atomic E-state index is 9.11. The van der Waals surface area contributed by atoms with E-state index in [9.17, 15) is 0 Å². The second-order valence-electron chi connectivity index (χ2n) is 3.73. The van der Waals surface area contributed by atoms with Crippen LogP contribution in [-0.2, 0) is 0 Å². The molecule has 5 heteroatoms. The summed E-state index contributed by atoms with van der Waals surface area (Å²) >= 11 is 1.61. The third-order valence-corrected chi connectivity index (χ3v) is 3.67. The predicted molar refractivity (Wildman–Crippen MR) is 66.9 cm³/mol. The summed E-state index contributed by atoms with van der Waals surface area (Å²) in [5.74, 6) is 1.47. The second kappa shape index (κ2) is 4.11. The average Bonchev–Trinajstić information content (AvgIpc) is 2.35. The molecule has 0 aliphatic carbocycles. The van der Waals surface area contributed by atoms with Crippen molar-refractivity contribution in [1.82, 2.24) is 0 Å². The van der Waals surface area contributed by atoms with Gasteiger partial charge in [0.05, 0.1) is 9.79 Å². The van der Waals surface area contributed by atoms with Gasteiger partial charge in [0.1, 0.15) is 11.5 Å². The summed E-state index contributed by atoms with van der Waals surface area (Å²) < 4.78 is 5.73. The van der Waals surface area contributed by atoms with Crippen LogP contribution in [0.3, 0.4) is 0 Å². The largest absolute Gasteiger partial charge is 0.488 e. The van der Waals surface area contributed by atoms with E-state index in [2.05, 4.69) is 0 Å². The van der Waals surface area contributed by atoms with Gasteiger partial charge in [-0.25, -0.2) is 0 Å². The first-order valence-electron chi connectivity index (χ1n) is 5.19. The van der Waals surface area contributed by atoms with Gasteiger partial charge >= 0.3 is 7.12 Å². The Morgan fingerprint density at radius 3 is 2.53 bits per heavy atom. The van der Waals surface area contributed by atoms with Crippen LogP contribution in [-0.4, -0.2) is 17.2 Å². The third kappa shape index (κ3) is 1.93. The van der Waals surface area contributed by atoms with Gasteiger partial charge in [-0.3, -0.25) is 0 Å². The quantitative estimate of drug-likeness (QED) is 0.638. The summed E-state index contributed by atoms with van der Waals surface area (Å²) in [6.45, 7) is 0. The Balaban J connectivity index is 2.03. The standard InChI is InChI=1S/C12H9BO3S/c14-13(15)8-5-6-12-10(7-8)16-9-3-1-2-4-11(9)17-12/h1-7,14-15H. The molecule has 0 spiro atoms. The van der Waals surface area contributed by atoms with Gasteiger partial charge in [-0.05, 0) is 29.7 Å². The molecule has 17 heavy (non-hydrogen) atoms. The Kier molecular flexibility index (Phi) is 2.59. The lowest BCUT2D eigenvalue weighted by atomic mass is 9.80. The minimum Gasteiger partial charge on any atom is -0.455 e. The summed E-state index contributed by atoms with van der Waals surface area (Å²) in [4.78, 5) is 2.05. The van der Waals surface area contributed by atoms with E-state index in [4.69, 9.17) is 14.8 Å². The maximum Gasteiger partial charge on any atom is 0.488 e. The molecular formula is C12H9BO3S. The van der Waals surface area contributed by atoms with Gasteiger partial charge in [0, 0.05) is 0 Å². The van der Waals surface area contributed by atoms with E-state index in [0.717, 1.165) is 15.5 Å². The lowest BCUT2D eigenvalue weighted by Gasteiger charge is -2.19. The minimum absolute atomic E-state index is 0.434. The van der Waals surface area contributed by atoms with Crippen molar-refractivity contribution in [2.45, 2.75) is 9.79 Å². The fourth-order valence-corrected chi connectivity index (χ4v) is 2.64. The molecule has 0 atom stereocenters. The molecule has 2 N–H and O–H groups in total. The first-order chi connectivity index (χ1) is 8.24. The van der Waals surface area contributed by atoms with Crippen molar-refractivity contribution < 1.29 is 14.8 Å². The SMILES string of the molecule is OB(O)c1ccc2c(c1)Oc1ccccc1S2. The number of hydrogen-bond acceptors (Lipinski definition) is 4. The maximum atomic E-state index is 9.11. The zero-order valence-corrected chi connectivity index (χ0v) is 9.65. The molecule has 1 heterocycles. The topological polar surface area (TPSA) is 49.7 Å². The lowest BCUT2D eigenvalue weighted by molar-refractivity contribution is 0.424. The van der Waals surface area contributed by atoms with Gasteiger partial charge in [0.15, 0.2) is 0 Å². The molecule has 3 rings (SSSR count). The molecule has 0 radical (unpaired) electrons. The summed E-state index contributed by atoms with van der Waals surface area (Å²) in [5, 5.41) is 18.2. The van der Waals surface area contributed by atoms with E-state index in [0.29, 0.717) is 11.2 Å². The summed E-state index contributed by atoms with van der Waals surface area (Å²) in [7, 11) is -1.47. The fraction of sp³-hybridized carbons (Fsp3) is 0. The molecule has 0 unspecified atom stereocenters. The predicted octanol–water partition coefficient (Wildman–Crippen LogP) is 1.62. The molecule has 0 aromatic heterocycles.